The minimum Gasteiger partial charge on any atom is -0.329 e. The highest BCUT2D eigenvalue weighted by atomic mass is 127. The Morgan fingerprint density at radius 1 is 1.50 bits per heavy atom. The second-order valence-electron chi connectivity index (χ2n) is 2.49. The Hall–Kier alpha value is 0.160. The molecule has 0 aliphatic carbocycles. The maximum atomic E-state index is 5.91. The van der Waals surface area contributed by atoms with Crippen molar-refractivity contribution in [1.82, 2.24) is 0 Å². The van der Waals surface area contributed by atoms with Crippen LogP contribution >= 0.6 is 34.2 Å². The van der Waals surface area contributed by atoms with Gasteiger partial charge in [-0.3, -0.25) is 0 Å². The molecule has 0 amide bonds. The number of hydrogen-bond acceptors (Lipinski definition) is 2. The fraction of sp³-hybridized carbons (Fsp3) is 0.250. The van der Waals surface area contributed by atoms with Crippen molar-refractivity contribution in [3.05, 3.63) is 32.4 Å². The number of halogens is 2. The molecule has 0 unspecified atom stereocenters. The van der Waals surface area contributed by atoms with Crippen molar-refractivity contribution in [1.29, 1.82) is 0 Å². The second kappa shape index (κ2) is 4.41. The summed E-state index contributed by atoms with van der Waals surface area (Å²) in [5.41, 5.74) is 12.2. The SMILES string of the molecule is NC[C@H](N)c1cccc(Cl)c1I. The molecule has 4 N–H and O–H groups in total. The third kappa shape index (κ3) is 2.10. The lowest BCUT2D eigenvalue weighted by molar-refractivity contribution is 0.733. The van der Waals surface area contributed by atoms with E-state index in [0.717, 1.165) is 14.2 Å². The van der Waals surface area contributed by atoms with E-state index >= 15 is 0 Å². The van der Waals surface area contributed by atoms with Gasteiger partial charge in [0.25, 0.3) is 0 Å². The Morgan fingerprint density at radius 2 is 2.17 bits per heavy atom. The normalized spacial score (nSPS) is 13.0. The number of nitrogens with two attached hydrogens (primary N) is 2. The molecule has 0 aliphatic rings. The van der Waals surface area contributed by atoms with E-state index in [-0.39, 0.29) is 6.04 Å². The highest BCUT2D eigenvalue weighted by Crippen LogP contribution is 2.24. The van der Waals surface area contributed by atoms with Gasteiger partial charge in [0.15, 0.2) is 0 Å². The van der Waals surface area contributed by atoms with Crippen LogP contribution in [0.2, 0.25) is 5.02 Å². The van der Waals surface area contributed by atoms with Crippen LogP contribution < -0.4 is 11.5 Å². The Kier molecular flexibility index (Phi) is 3.77. The molecule has 1 aromatic carbocycles. The van der Waals surface area contributed by atoms with Gasteiger partial charge in [0.2, 0.25) is 0 Å². The van der Waals surface area contributed by atoms with Crippen molar-refractivity contribution in [2.45, 2.75) is 6.04 Å². The van der Waals surface area contributed by atoms with Crippen LogP contribution in [-0.2, 0) is 0 Å². The Morgan fingerprint density at radius 3 is 2.75 bits per heavy atom. The van der Waals surface area contributed by atoms with E-state index in [1.54, 1.807) is 0 Å². The lowest BCUT2D eigenvalue weighted by Gasteiger charge is -2.11. The molecule has 0 saturated carbocycles. The molecule has 1 aromatic rings. The van der Waals surface area contributed by atoms with Crippen molar-refractivity contribution in [2.75, 3.05) is 6.54 Å². The van der Waals surface area contributed by atoms with Crippen molar-refractivity contribution < 1.29 is 0 Å². The van der Waals surface area contributed by atoms with E-state index in [2.05, 4.69) is 22.6 Å². The van der Waals surface area contributed by atoms with Gasteiger partial charge in [-0.1, -0.05) is 23.7 Å². The summed E-state index contributed by atoms with van der Waals surface area (Å²) in [5, 5.41) is 0.733. The summed E-state index contributed by atoms with van der Waals surface area (Å²) in [6.07, 6.45) is 0. The molecule has 4 heteroatoms. The topological polar surface area (TPSA) is 52.0 Å². The van der Waals surface area contributed by atoms with E-state index in [4.69, 9.17) is 23.1 Å². The molecule has 1 atom stereocenters. The van der Waals surface area contributed by atoms with Gasteiger partial charge < -0.3 is 11.5 Å². The minimum atomic E-state index is -0.115. The quantitative estimate of drug-likeness (QED) is 0.819. The fourth-order valence-electron chi connectivity index (χ4n) is 0.934. The summed E-state index contributed by atoms with van der Waals surface area (Å²) < 4.78 is 0.995. The molecule has 0 bridgehead atoms. The van der Waals surface area contributed by atoms with E-state index < -0.39 is 0 Å². The minimum absolute atomic E-state index is 0.115. The van der Waals surface area contributed by atoms with E-state index in [9.17, 15) is 0 Å². The lowest BCUT2D eigenvalue weighted by Crippen LogP contribution is -2.21. The van der Waals surface area contributed by atoms with Gasteiger partial charge in [-0.25, -0.2) is 0 Å². The van der Waals surface area contributed by atoms with Gasteiger partial charge in [-0.05, 0) is 34.2 Å². The Bertz CT molecular complexity index is 278. The summed E-state index contributed by atoms with van der Waals surface area (Å²) in [4.78, 5) is 0. The highest BCUT2D eigenvalue weighted by molar-refractivity contribution is 14.1. The maximum absolute atomic E-state index is 5.91. The van der Waals surface area contributed by atoms with Crippen molar-refractivity contribution in [2.24, 2.45) is 11.5 Å². The lowest BCUT2D eigenvalue weighted by atomic mass is 10.1. The monoisotopic (exact) mass is 296 g/mol. The third-order valence-electron chi connectivity index (χ3n) is 1.63. The van der Waals surface area contributed by atoms with Crippen LogP contribution in [-0.4, -0.2) is 6.54 Å². The van der Waals surface area contributed by atoms with Crippen LogP contribution in [0.4, 0.5) is 0 Å². The smallest absolute Gasteiger partial charge is 0.0542 e. The first-order valence-corrected chi connectivity index (χ1v) is 5.02. The predicted octanol–water partition coefficient (Wildman–Crippen LogP) is 1.90. The third-order valence-corrected chi connectivity index (χ3v) is 3.47. The molecule has 66 valence electrons. The van der Waals surface area contributed by atoms with Crippen LogP contribution in [0, 0.1) is 3.57 Å². The van der Waals surface area contributed by atoms with E-state index in [1.165, 1.54) is 0 Å². The molecule has 0 aliphatic heterocycles. The van der Waals surface area contributed by atoms with E-state index in [0.29, 0.717) is 6.54 Å². The maximum Gasteiger partial charge on any atom is 0.0542 e. The Labute approximate surface area is 90.4 Å². The summed E-state index contributed by atoms with van der Waals surface area (Å²) in [6, 6.07) is 5.56. The molecule has 0 spiro atoms. The molecule has 0 radical (unpaired) electrons. The van der Waals surface area contributed by atoms with Crippen molar-refractivity contribution >= 4 is 34.2 Å². The van der Waals surface area contributed by atoms with Gasteiger partial charge in [-0.2, -0.15) is 0 Å². The van der Waals surface area contributed by atoms with E-state index in [1.807, 2.05) is 18.2 Å². The van der Waals surface area contributed by atoms with Gasteiger partial charge >= 0.3 is 0 Å². The molecular formula is C8H10ClIN2. The summed E-state index contributed by atoms with van der Waals surface area (Å²) >= 11 is 8.09. The zero-order valence-electron chi connectivity index (χ0n) is 6.43. The number of benzene rings is 1. The van der Waals surface area contributed by atoms with Crippen LogP contribution in [0.15, 0.2) is 18.2 Å². The molecule has 0 aromatic heterocycles. The summed E-state index contributed by atoms with van der Waals surface area (Å²) in [7, 11) is 0. The van der Waals surface area contributed by atoms with Crippen molar-refractivity contribution in [3.8, 4) is 0 Å². The summed E-state index contributed by atoms with van der Waals surface area (Å²) in [6.45, 7) is 0.441. The van der Waals surface area contributed by atoms with Crippen LogP contribution in [0.3, 0.4) is 0 Å². The van der Waals surface area contributed by atoms with Gasteiger partial charge in [-0.15, -0.1) is 0 Å². The number of hydrogen-bond donors (Lipinski definition) is 2. The number of rotatable bonds is 2. The fourth-order valence-corrected chi connectivity index (χ4v) is 1.88. The van der Waals surface area contributed by atoms with Gasteiger partial charge in [0.05, 0.1) is 5.02 Å². The first-order valence-electron chi connectivity index (χ1n) is 3.56. The highest BCUT2D eigenvalue weighted by Gasteiger charge is 2.09. The average Bonchev–Trinajstić information content (AvgIpc) is 2.08. The van der Waals surface area contributed by atoms with Gasteiger partial charge in [0.1, 0.15) is 0 Å². The zero-order chi connectivity index (χ0) is 9.14. The first kappa shape index (κ1) is 10.2. The molecule has 0 heterocycles. The Balaban J connectivity index is 3.07. The standard InChI is InChI=1S/C8H10ClIN2/c9-6-3-1-2-5(8(6)10)7(12)4-11/h1-3,7H,4,11-12H2/t7-/m0/s1. The van der Waals surface area contributed by atoms with Crippen LogP contribution in [0.25, 0.3) is 0 Å². The molecular weight excluding hydrogens is 286 g/mol. The summed E-state index contributed by atoms with van der Waals surface area (Å²) in [5.74, 6) is 0. The largest absolute Gasteiger partial charge is 0.329 e. The molecule has 0 fully saturated rings. The first-order chi connectivity index (χ1) is 5.66. The van der Waals surface area contributed by atoms with Crippen LogP contribution in [0.1, 0.15) is 11.6 Å². The average molecular weight is 297 g/mol. The van der Waals surface area contributed by atoms with Gasteiger partial charge in [0, 0.05) is 16.2 Å². The predicted molar refractivity (Wildman–Crippen MR) is 60.2 cm³/mol. The molecule has 1 rings (SSSR count). The van der Waals surface area contributed by atoms with Crippen LogP contribution in [0.5, 0.6) is 0 Å². The van der Waals surface area contributed by atoms with Crippen molar-refractivity contribution in [3.63, 3.8) is 0 Å². The molecule has 2 nitrogen and oxygen atoms in total. The zero-order valence-corrected chi connectivity index (χ0v) is 9.34. The second-order valence-corrected chi connectivity index (χ2v) is 3.97. The molecule has 12 heavy (non-hydrogen) atoms. The molecule has 0 saturated heterocycles.